The summed E-state index contributed by atoms with van der Waals surface area (Å²) in [5.74, 6) is 2.74. The lowest BCUT2D eigenvalue weighted by Gasteiger charge is -2.38. The van der Waals surface area contributed by atoms with Crippen molar-refractivity contribution in [2.75, 3.05) is 24.4 Å². The van der Waals surface area contributed by atoms with Crippen LogP contribution in [0.4, 0.5) is 0 Å². The van der Waals surface area contributed by atoms with Crippen molar-refractivity contribution >= 4 is 20.7 Å². The van der Waals surface area contributed by atoms with Crippen molar-refractivity contribution < 1.29 is 16.2 Å². The van der Waals surface area contributed by atoms with Gasteiger partial charge in [0.2, 0.25) is 0 Å². The van der Waals surface area contributed by atoms with Gasteiger partial charge in [0, 0.05) is 17.3 Å². The number of unbranched alkanes of at least 4 members (excludes halogenated alkanes) is 25. The largest absolute Gasteiger partial charge is 0.409 e. The average Bonchev–Trinajstić information content (AvgIpc) is 2.96. The minimum atomic E-state index is -3.92. The molecule has 0 spiro atoms. The second kappa shape index (κ2) is 30.3. The fraction of sp³-hybridized carbons (Fsp3) is 1.00. The van der Waals surface area contributed by atoms with E-state index in [9.17, 15) is 8.42 Å². The summed E-state index contributed by atoms with van der Waals surface area (Å²) in [6.45, 7) is 6.80. The van der Waals surface area contributed by atoms with Gasteiger partial charge in [0.05, 0.1) is 7.11 Å². The van der Waals surface area contributed by atoms with Gasteiger partial charge in [-0.3, -0.25) is 4.18 Å². The predicted molar refractivity (Wildman–Crippen MR) is 186 cm³/mol. The summed E-state index contributed by atoms with van der Waals surface area (Å²) in [7, 11) is -4.37. The second-order valence-electron chi connectivity index (χ2n) is 12.6. The number of hydrogen-bond donors (Lipinski definition) is 0. The number of hydrogen-bond acceptors (Lipinski definition) is 4. The molecule has 0 unspecified atom stereocenters. The molecule has 0 rings (SSSR count). The van der Waals surface area contributed by atoms with E-state index in [1.54, 1.807) is 0 Å². The highest BCUT2D eigenvalue weighted by Gasteiger charge is 2.30. The lowest BCUT2D eigenvalue weighted by molar-refractivity contribution is 0.339. The van der Waals surface area contributed by atoms with Crippen molar-refractivity contribution in [2.45, 2.75) is 201 Å². The Labute approximate surface area is 261 Å². The average molecular weight is 623 g/mol. The van der Waals surface area contributed by atoms with Gasteiger partial charge in [0.25, 0.3) is 0 Å². The summed E-state index contributed by atoms with van der Waals surface area (Å²) < 4.78 is 35.9. The summed E-state index contributed by atoms with van der Waals surface area (Å²) in [5, 5.41) is 0. The van der Waals surface area contributed by atoms with Gasteiger partial charge in [0.15, 0.2) is 0 Å². The Morgan fingerprint density at radius 1 is 0.366 bits per heavy atom. The molecule has 0 saturated heterocycles. The van der Waals surface area contributed by atoms with Gasteiger partial charge in [0.1, 0.15) is 0 Å². The first-order valence-electron chi connectivity index (χ1n) is 18.2. The molecule has 6 heteroatoms. The normalized spacial score (nSPS) is 12.8. The van der Waals surface area contributed by atoms with Crippen LogP contribution < -0.4 is 0 Å². The summed E-state index contributed by atoms with van der Waals surface area (Å²) in [5.41, 5.74) is 0. The maximum atomic E-state index is 12.6. The Kier molecular flexibility index (Phi) is 30.4. The SMILES string of the molecule is CCCCCCCCCCCCCCCCS(CCCCCCCCC)(CCCCCCCCC)OS(=O)(=O)OC. The third kappa shape index (κ3) is 27.5. The van der Waals surface area contributed by atoms with Crippen molar-refractivity contribution in [1.29, 1.82) is 0 Å². The molecule has 0 atom stereocenters. The molecule has 0 aromatic rings. The van der Waals surface area contributed by atoms with E-state index in [1.807, 2.05) is 0 Å². The van der Waals surface area contributed by atoms with E-state index in [0.29, 0.717) is 0 Å². The predicted octanol–water partition coefficient (Wildman–Crippen LogP) is 12.6. The highest BCUT2D eigenvalue weighted by Crippen LogP contribution is 2.53. The van der Waals surface area contributed by atoms with Crippen molar-refractivity contribution in [1.82, 2.24) is 0 Å². The Balaban J connectivity index is 4.63. The zero-order chi connectivity index (χ0) is 30.3. The van der Waals surface area contributed by atoms with E-state index in [-0.39, 0.29) is 0 Å². The molecule has 0 heterocycles. The van der Waals surface area contributed by atoms with Gasteiger partial charge in [-0.15, -0.1) is 10.3 Å². The van der Waals surface area contributed by atoms with E-state index in [1.165, 1.54) is 168 Å². The molecule has 0 aliphatic carbocycles. The molecular weight excluding hydrogens is 549 g/mol. The van der Waals surface area contributed by atoms with Gasteiger partial charge >= 0.3 is 10.4 Å². The standard InChI is InChI=1S/C35H74O4S2/c1-5-8-11-14-17-18-19-20-21-22-23-26-29-32-35-40(39-41(36,37)38-4,33-30-27-24-15-12-9-6-2)34-31-28-25-16-13-10-7-3/h5-35H2,1-4H3. The summed E-state index contributed by atoms with van der Waals surface area (Å²) >= 11 is 0. The monoisotopic (exact) mass is 623 g/mol. The van der Waals surface area contributed by atoms with Gasteiger partial charge in [-0.2, -0.15) is 12.0 Å². The van der Waals surface area contributed by atoms with Crippen LogP contribution in [0.25, 0.3) is 0 Å². The third-order valence-electron chi connectivity index (χ3n) is 8.54. The molecule has 0 radical (unpaired) electrons. The number of rotatable bonds is 34. The Hall–Kier alpha value is 0.220. The Morgan fingerprint density at radius 3 is 0.805 bits per heavy atom. The molecule has 0 amide bonds. The minimum Gasteiger partial charge on any atom is -0.251 e. The summed E-state index contributed by atoms with van der Waals surface area (Å²) in [6.07, 6.45) is 36.2. The molecule has 0 aliphatic rings. The van der Waals surface area contributed by atoms with Crippen LogP contribution >= 0.6 is 10.3 Å². The van der Waals surface area contributed by atoms with E-state index < -0.39 is 20.7 Å². The molecule has 0 aromatic carbocycles. The van der Waals surface area contributed by atoms with Crippen LogP contribution in [0, 0.1) is 0 Å². The minimum absolute atomic E-state index is 0.914. The first kappa shape index (κ1) is 41.2. The zero-order valence-electron chi connectivity index (χ0n) is 28.4. The van der Waals surface area contributed by atoms with Crippen LogP contribution in [0.3, 0.4) is 0 Å². The summed E-state index contributed by atoms with van der Waals surface area (Å²) in [4.78, 5) is 0. The maximum absolute atomic E-state index is 12.6. The van der Waals surface area contributed by atoms with Crippen LogP contribution in [0.15, 0.2) is 0 Å². The molecule has 4 nitrogen and oxygen atoms in total. The highest BCUT2D eigenvalue weighted by atomic mass is 32.3. The summed E-state index contributed by atoms with van der Waals surface area (Å²) in [6, 6.07) is 0. The lowest BCUT2D eigenvalue weighted by Crippen LogP contribution is -2.22. The fourth-order valence-corrected chi connectivity index (χ4v) is 11.1. The van der Waals surface area contributed by atoms with Gasteiger partial charge in [-0.1, -0.05) is 181 Å². The fourth-order valence-electron chi connectivity index (χ4n) is 5.82. The van der Waals surface area contributed by atoms with Crippen LogP contribution in [0.5, 0.6) is 0 Å². The van der Waals surface area contributed by atoms with E-state index in [2.05, 4.69) is 20.8 Å². The molecule has 0 saturated carbocycles. The van der Waals surface area contributed by atoms with Crippen molar-refractivity contribution in [2.24, 2.45) is 0 Å². The first-order valence-corrected chi connectivity index (χ1v) is 21.6. The zero-order valence-corrected chi connectivity index (χ0v) is 30.0. The van der Waals surface area contributed by atoms with Crippen LogP contribution in [0.2, 0.25) is 0 Å². The van der Waals surface area contributed by atoms with Gasteiger partial charge in [-0.25, -0.2) is 0 Å². The molecule has 0 aromatic heterocycles. The molecule has 0 bridgehead atoms. The van der Waals surface area contributed by atoms with Crippen LogP contribution in [-0.4, -0.2) is 32.8 Å². The van der Waals surface area contributed by atoms with E-state index >= 15 is 0 Å². The van der Waals surface area contributed by atoms with Gasteiger partial charge < -0.3 is 0 Å². The smallest absolute Gasteiger partial charge is 0.251 e. The quantitative estimate of drug-likeness (QED) is 0.0670. The molecule has 41 heavy (non-hydrogen) atoms. The first-order chi connectivity index (χ1) is 19.9. The Morgan fingerprint density at radius 2 is 0.585 bits per heavy atom. The lowest BCUT2D eigenvalue weighted by atomic mass is 10.0. The van der Waals surface area contributed by atoms with Gasteiger partial charge in [-0.05, 0) is 19.3 Å². The topological polar surface area (TPSA) is 52.6 Å². The van der Waals surface area contributed by atoms with Crippen LogP contribution in [-0.2, 0) is 18.2 Å². The van der Waals surface area contributed by atoms with Crippen LogP contribution in [0.1, 0.15) is 201 Å². The molecule has 0 N–H and O–H groups in total. The molecule has 0 aliphatic heterocycles. The Bertz CT molecular complexity index is 606. The second-order valence-corrected chi connectivity index (χ2v) is 17.4. The van der Waals surface area contributed by atoms with Crippen molar-refractivity contribution in [3.05, 3.63) is 0 Å². The van der Waals surface area contributed by atoms with E-state index in [4.69, 9.17) is 7.81 Å². The molecule has 250 valence electrons. The molecular formula is C35H74O4S2. The maximum Gasteiger partial charge on any atom is 0.409 e. The molecule has 0 fully saturated rings. The third-order valence-corrected chi connectivity index (χ3v) is 13.9. The van der Waals surface area contributed by atoms with E-state index in [0.717, 1.165) is 36.5 Å². The highest BCUT2D eigenvalue weighted by molar-refractivity contribution is 8.32. The van der Waals surface area contributed by atoms with Crippen molar-refractivity contribution in [3.8, 4) is 0 Å². The van der Waals surface area contributed by atoms with Crippen molar-refractivity contribution in [3.63, 3.8) is 0 Å².